The highest BCUT2D eigenvalue weighted by molar-refractivity contribution is 7.99. The third-order valence-electron chi connectivity index (χ3n) is 3.11. The fourth-order valence-electron chi connectivity index (χ4n) is 1.87. The van der Waals surface area contributed by atoms with E-state index in [0.29, 0.717) is 17.0 Å². The molecule has 0 spiro atoms. The van der Waals surface area contributed by atoms with Crippen LogP contribution < -0.4 is 5.56 Å². The quantitative estimate of drug-likeness (QED) is 0.791. The highest BCUT2D eigenvalue weighted by atomic mass is 32.2. The Kier molecular flexibility index (Phi) is 3.61. The van der Waals surface area contributed by atoms with Gasteiger partial charge in [-0.25, -0.2) is 9.89 Å². The predicted octanol–water partition coefficient (Wildman–Crippen LogP) is -0.0136. The molecule has 0 radical (unpaired) electrons. The summed E-state index contributed by atoms with van der Waals surface area (Å²) >= 11 is 1.35. The summed E-state index contributed by atoms with van der Waals surface area (Å²) in [5.41, 5.74) is 0.409. The van der Waals surface area contributed by atoms with Gasteiger partial charge in [0, 0.05) is 5.75 Å². The van der Waals surface area contributed by atoms with E-state index in [0.717, 1.165) is 0 Å². The maximum absolute atomic E-state index is 12.4. The van der Waals surface area contributed by atoms with Crippen molar-refractivity contribution >= 4 is 23.6 Å². The lowest BCUT2D eigenvalue weighted by molar-refractivity contribution is -0.140. The summed E-state index contributed by atoms with van der Waals surface area (Å²) in [7, 11) is 0. The highest BCUT2D eigenvalue weighted by Crippen LogP contribution is 2.23. The molecule has 2 heterocycles. The molecule has 1 aromatic rings. The van der Waals surface area contributed by atoms with E-state index >= 15 is 0 Å². The van der Waals surface area contributed by atoms with Gasteiger partial charge in [0.05, 0.1) is 11.6 Å². The van der Waals surface area contributed by atoms with Crippen LogP contribution >= 0.6 is 11.8 Å². The van der Waals surface area contributed by atoms with E-state index < -0.39 is 23.5 Å². The standard InChI is InChI=1S/C11H13N3O4S/c1-5-6(2)12-13-9(15)8(5)10(16)14-4-19-3-7(14)11(17)18/h7H,3-4H2,1-2H3,(H,13,15)(H,17,18)/t7-/m0/s1. The molecule has 1 aromatic heterocycles. The molecule has 0 unspecified atom stereocenters. The van der Waals surface area contributed by atoms with Crippen LogP contribution in [0.15, 0.2) is 4.79 Å². The number of nitrogens with one attached hydrogen (secondary N) is 1. The number of carboxylic acids is 1. The van der Waals surface area contributed by atoms with Crippen molar-refractivity contribution in [1.29, 1.82) is 0 Å². The first-order chi connectivity index (χ1) is 8.93. The van der Waals surface area contributed by atoms with Crippen molar-refractivity contribution < 1.29 is 14.7 Å². The number of hydrogen-bond donors (Lipinski definition) is 2. The van der Waals surface area contributed by atoms with Gasteiger partial charge in [-0.1, -0.05) is 0 Å². The topological polar surface area (TPSA) is 103 Å². The zero-order valence-corrected chi connectivity index (χ0v) is 11.3. The molecule has 1 amide bonds. The fraction of sp³-hybridized carbons (Fsp3) is 0.455. The van der Waals surface area contributed by atoms with E-state index in [-0.39, 0.29) is 11.4 Å². The first-order valence-electron chi connectivity index (χ1n) is 5.61. The third kappa shape index (κ3) is 2.35. The number of carbonyl (C=O) groups excluding carboxylic acids is 1. The average Bonchev–Trinajstić information content (AvgIpc) is 2.83. The molecule has 1 fully saturated rings. The second kappa shape index (κ2) is 5.04. The lowest BCUT2D eigenvalue weighted by Gasteiger charge is -2.20. The van der Waals surface area contributed by atoms with Crippen LogP contribution in [-0.4, -0.2) is 49.8 Å². The molecule has 8 heteroatoms. The molecule has 7 nitrogen and oxygen atoms in total. The van der Waals surface area contributed by atoms with Crippen LogP contribution in [-0.2, 0) is 4.79 Å². The number of aliphatic carboxylic acids is 1. The summed E-state index contributed by atoms with van der Waals surface area (Å²) in [6.07, 6.45) is 0. The van der Waals surface area contributed by atoms with E-state index in [2.05, 4.69) is 10.2 Å². The summed E-state index contributed by atoms with van der Waals surface area (Å²) < 4.78 is 0. The van der Waals surface area contributed by atoms with Gasteiger partial charge in [0.25, 0.3) is 11.5 Å². The van der Waals surface area contributed by atoms with Gasteiger partial charge < -0.3 is 10.0 Å². The number of hydrogen-bond acceptors (Lipinski definition) is 5. The van der Waals surface area contributed by atoms with Gasteiger partial charge in [-0.05, 0) is 19.4 Å². The minimum absolute atomic E-state index is 0.0266. The number of H-pyrrole nitrogens is 1. The molecule has 2 rings (SSSR count). The summed E-state index contributed by atoms with van der Waals surface area (Å²) in [5, 5.41) is 15.1. The van der Waals surface area contributed by atoms with Gasteiger partial charge in [0.15, 0.2) is 0 Å². The Labute approximate surface area is 113 Å². The Hall–Kier alpha value is -1.83. The Morgan fingerprint density at radius 2 is 2.16 bits per heavy atom. The first-order valence-corrected chi connectivity index (χ1v) is 6.76. The molecule has 0 saturated carbocycles. The number of carbonyl (C=O) groups is 2. The molecular weight excluding hydrogens is 270 g/mol. The zero-order valence-electron chi connectivity index (χ0n) is 10.5. The first kappa shape index (κ1) is 13.6. The number of aryl methyl sites for hydroxylation is 1. The van der Waals surface area contributed by atoms with Crippen molar-refractivity contribution in [2.45, 2.75) is 19.9 Å². The fourth-order valence-corrected chi connectivity index (χ4v) is 3.02. The monoisotopic (exact) mass is 283 g/mol. The van der Waals surface area contributed by atoms with E-state index in [1.165, 1.54) is 16.7 Å². The number of aromatic nitrogens is 2. The molecule has 19 heavy (non-hydrogen) atoms. The number of nitrogens with zero attached hydrogens (tertiary/aromatic N) is 2. The molecule has 2 N–H and O–H groups in total. The van der Waals surface area contributed by atoms with Gasteiger partial charge in [0.2, 0.25) is 0 Å². The van der Waals surface area contributed by atoms with E-state index in [4.69, 9.17) is 5.11 Å². The smallest absolute Gasteiger partial charge is 0.327 e. The van der Waals surface area contributed by atoms with Crippen LogP contribution in [0.3, 0.4) is 0 Å². The largest absolute Gasteiger partial charge is 0.480 e. The van der Waals surface area contributed by atoms with Crippen LogP contribution in [0, 0.1) is 13.8 Å². The summed E-state index contributed by atoms with van der Waals surface area (Å²) in [5.74, 6) is -1.00. The SMILES string of the molecule is Cc1n[nH]c(=O)c(C(=O)N2CSC[C@H]2C(=O)O)c1C. The minimum Gasteiger partial charge on any atom is -0.480 e. The number of aromatic amines is 1. The highest BCUT2D eigenvalue weighted by Gasteiger charge is 2.36. The lowest BCUT2D eigenvalue weighted by atomic mass is 10.1. The van der Waals surface area contributed by atoms with Crippen LogP contribution in [0.25, 0.3) is 0 Å². The molecule has 0 aromatic carbocycles. The summed E-state index contributed by atoms with van der Waals surface area (Å²) in [6, 6.07) is -0.884. The lowest BCUT2D eigenvalue weighted by Crippen LogP contribution is -2.44. The maximum atomic E-state index is 12.4. The number of rotatable bonds is 2. The van der Waals surface area contributed by atoms with Crippen LogP contribution in [0.1, 0.15) is 21.6 Å². The van der Waals surface area contributed by atoms with Crippen molar-refractivity contribution in [2.24, 2.45) is 0 Å². The molecule has 1 aliphatic rings. The zero-order chi connectivity index (χ0) is 14.2. The molecule has 102 valence electrons. The predicted molar refractivity (Wildman–Crippen MR) is 69.3 cm³/mol. The second-order valence-electron chi connectivity index (χ2n) is 4.27. The Morgan fingerprint density at radius 1 is 1.47 bits per heavy atom. The van der Waals surface area contributed by atoms with E-state index in [1.807, 2.05) is 0 Å². The number of amides is 1. The van der Waals surface area contributed by atoms with E-state index in [9.17, 15) is 14.4 Å². The molecule has 1 saturated heterocycles. The maximum Gasteiger partial charge on any atom is 0.327 e. The number of carboxylic acid groups (broad SMARTS) is 1. The van der Waals surface area contributed by atoms with Crippen molar-refractivity contribution in [3.63, 3.8) is 0 Å². The van der Waals surface area contributed by atoms with Gasteiger partial charge in [0.1, 0.15) is 11.6 Å². The van der Waals surface area contributed by atoms with Gasteiger partial charge in [-0.15, -0.1) is 11.8 Å². The van der Waals surface area contributed by atoms with Crippen molar-refractivity contribution in [1.82, 2.24) is 15.1 Å². The molecule has 0 bridgehead atoms. The Balaban J connectivity index is 2.43. The third-order valence-corrected chi connectivity index (χ3v) is 4.12. The molecule has 1 atom stereocenters. The summed E-state index contributed by atoms with van der Waals surface area (Å²) in [6.45, 7) is 3.30. The Bertz CT molecular complexity index is 598. The van der Waals surface area contributed by atoms with Gasteiger partial charge >= 0.3 is 5.97 Å². The molecule has 0 aliphatic carbocycles. The minimum atomic E-state index is -1.06. The van der Waals surface area contributed by atoms with Crippen molar-refractivity contribution in [3.05, 3.63) is 27.2 Å². The van der Waals surface area contributed by atoms with Crippen molar-refractivity contribution in [3.8, 4) is 0 Å². The van der Waals surface area contributed by atoms with E-state index in [1.54, 1.807) is 13.8 Å². The van der Waals surface area contributed by atoms with Crippen LogP contribution in [0.5, 0.6) is 0 Å². The summed E-state index contributed by atoms with van der Waals surface area (Å²) in [4.78, 5) is 36.4. The van der Waals surface area contributed by atoms with Crippen LogP contribution in [0.4, 0.5) is 0 Å². The molecular formula is C11H13N3O4S. The normalized spacial score (nSPS) is 18.6. The second-order valence-corrected chi connectivity index (χ2v) is 5.27. The number of thioether (sulfide) groups is 1. The van der Waals surface area contributed by atoms with Gasteiger partial charge in [-0.3, -0.25) is 9.59 Å². The molecule has 1 aliphatic heterocycles. The van der Waals surface area contributed by atoms with Crippen molar-refractivity contribution in [2.75, 3.05) is 11.6 Å². The van der Waals surface area contributed by atoms with Crippen LogP contribution in [0.2, 0.25) is 0 Å². The average molecular weight is 283 g/mol. The Morgan fingerprint density at radius 3 is 2.79 bits per heavy atom. The van der Waals surface area contributed by atoms with Gasteiger partial charge in [-0.2, -0.15) is 5.10 Å².